The Kier molecular flexibility index (Phi) is 4.16. The lowest BCUT2D eigenvalue weighted by Crippen LogP contribution is -2.53. The summed E-state index contributed by atoms with van der Waals surface area (Å²) in [6.07, 6.45) is 7.28. The van der Waals surface area contributed by atoms with Gasteiger partial charge in [-0.15, -0.1) is 0 Å². The number of nitrogens with one attached hydrogen (secondary N) is 1. The van der Waals surface area contributed by atoms with Crippen LogP contribution in [0.4, 0.5) is 0 Å². The maximum absolute atomic E-state index is 5.94. The molecule has 1 saturated carbocycles. The van der Waals surface area contributed by atoms with Gasteiger partial charge in [0, 0.05) is 19.1 Å². The molecule has 0 amide bonds. The van der Waals surface area contributed by atoms with Gasteiger partial charge in [0.05, 0.1) is 12.7 Å². The first-order valence-electron chi connectivity index (χ1n) is 8.23. The molecule has 2 heterocycles. The molecule has 3 heteroatoms. The quantitative estimate of drug-likeness (QED) is 0.848. The van der Waals surface area contributed by atoms with E-state index in [1.165, 1.54) is 51.7 Å². The van der Waals surface area contributed by atoms with Crippen molar-refractivity contribution in [3.05, 3.63) is 0 Å². The van der Waals surface area contributed by atoms with Crippen LogP contribution in [0.1, 0.15) is 46.0 Å². The summed E-state index contributed by atoms with van der Waals surface area (Å²) in [6, 6.07) is 0.713. The van der Waals surface area contributed by atoms with Gasteiger partial charge in [0.1, 0.15) is 0 Å². The molecule has 0 spiro atoms. The van der Waals surface area contributed by atoms with Crippen molar-refractivity contribution in [3.63, 3.8) is 0 Å². The van der Waals surface area contributed by atoms with Crippen LogP contribution in [0.25, 0.3) is 0 Å². The normalized spacial score (nSPS) is 37.3. The van der Waals surface area contributed by atoms with Crippen LogP contribution >= 0.6 is 0 Å². The minimum atomic E-state index is 0.428. The van der Waals surface area contributed by atoms with Gasteiger partial charge in [-0.3, -0.25) is 4.90 Å². The summed E-state index contributed by atoms with van der Waals surface area (Å²) in [5.41, 5.74) is 0.428. The summed E-state index contributed by atoms with van der Waals surface area (Å²) >= 11 is 0. The van der Waals surface area contributed by atoms with Gasteiger partial charge in [0.2, 0.25) is 0 Å². The van der Waals surface area contributed by atoms with Crippen molar-refractivity contribution in [2.75, 3.05) is 32.8 Å². The number of ether oxygens (including phenoxy) is 1. The highest BCUT2D eigenvalue weighted by Gasteiger charge is 2.40. The highest BCUT2D eigenvalue weighted by Crippen LogP contribution is 2.36. The van der Waals surface area contributed by atoms with Gasteiger partial charge in [-0.05, 0) is 56.5 Å². The molecule has 1 N–H and O–H groups in total. The number of rotatable bonds is 3. The van der Waals surface area contributed by atoms with Crippen LogP contribution in [0.3, 0.4) is 0 Å². The lowest BCUT2D eigenvalue weighted by molar-refractivity contribution is -0.0718. The van der Waals surface area contributed by atoms with E-state index < -0.39 is 0 Å². The number of piperidine rings is 1. The molecule has 3 fully saturated rings. The molecule has 3 unspecified atom stereocenters. The first kappa shape index (κ1) is 13.8. The predicted octanol–water partition coefficient (Wildman–Crippen LogP) is 2.27. The molecule has 2 aliphatic heterocycles. The summed E-state index contributed by atoms with van der Waals surface area (Å²) in [6.45, 7) is 10.7. The van der Waals surface area contributed by atoms with Gasteiger partial charge < -0.3 is 10.1 Å². The smallest absolute Gasteiger partial charge is 0.0730 e. The Bertz CT molecular complexity index is 299. The van der Waals surface area contributed by atoms with Crippen LogP contribution in [0.15, 0.2) is 0 Å². The molecule has 19 heavy (non-hydrogen) atoms. The number of fused-ring (bicyclic) bond motifs is 1. The molecule has 3 rings (SSSR count). The SMILES string of the molecule is CC(C)(CN1CCOC2CCCC21)C1CCCNC1. The Morgan fingerprint density at radius 2 is 2.11 bits per heavy atom. The van der Waals surface area contributed by atoms with Crippen molar-refractivity contribution in [1.29, 1.82) is 0 Å². The molecular weight excluding hydrogens is 236 g/mol. The highest BCUT2D eigenvalue weighted by molar-refractivity contribution is 4.93. The average Bonchev–Trinajstić information content (AvgIpc) is 2.89. The monoisotopic (exact) mass is 266 g/mol. The second-order valence-corrected chi connectivity index (χ2v) is 7.41. The van der Waals surface area contributed by atoms with E-state index in [4.69, 9.17) is 4.74 Å². The molecule has 110 valence electrons. The van der Waals surface area contributed by atoms with Gasteiger partial charge in [0.25, 0.3) is 0 Å². The molecule has 0 radical (unpaired) electrons. The van der Waals surface area contributed by atoms with E-state index in [2.05, 4.69) is 24.1 Å². The van der Waals surface area contributed by atoms with Crippen LogP contribution in [-0.4, -0.2) is 49.8 Å². The Morgan fingerprint density at radius 3 is 2.89 bits per heavy atom. The number of hydrogen-bond donors (Lipinski definition) is 1. The van der Waals surface area contributed by atoms with Crippen molar-refractivity contribution in [3.8, 4) is 0 Å². The van der Waals surface area contributed by atoms with Gasteiger partial charge >= 0.3 is 0 Å². The standard InChI is InChI=1S/C16H30N2O/c1-16(2,13-5-4-8-17-11-13)12-18-9-10-19-15-7-3-6-14(15)18/h13-15,17H,3-12H2,1-2H3. The Morgan fingerprint density at radius 1 is 1.21 bits per heavy atom. The Labute approximate surface area is 118 Å². The summed E-state index contributed by atoms with van der Waals surface area (Å²) in [4.78, 5) is 2.75. The second kappa shape index (κ2) is 5.71. The fourth-order valence-electron chi connectivity index (χ4n) is 4.37. The van der Waals surface area contributed by atoms with E-state index in [1.54, 1.807) is 0 Å². The largest absolute Gasteiger partial charge is 0.375 e. The molecular formula is C16H30N2O. The molecule has 0 aromatic carbocycles. The van der Waals surface area contributed by atoms with Gasteiger partial charge in [-0.1, -0.05) is 13.8 Å². The first-order chi connectivity index (χ1) is 9.17. The van der Waals surface area contributed by atoms with Gasteiger partial charge in [0.15, 0.2) is 0 Å². The summed E-state index contributed by atoms with van der Waals surface area (Å²) in [7, 11) is 0. The van der Waals surface area contributed by atoms with Crippen LogP contribution in [0, 0.1) is 11.3 Å². The van der Waals surface area contributed by atoms with Gasteiger partial charge in [-0.25, -0.2) is 0 Å². The average molecular weight is 266 g/mol. The van der Waals surface area contributed by atoms with Crippen LogP contribution in [0.5, 0.6) is 0 Å². The zero-order valence-electron chi connectivity index (χ0n) is 12.7. The molecule has 1 aliphatic carbocycles. The molecule has 3 atom stereocenters. The second-order valence-electron chi connectivity index (χ2n) is 7.41. The van der Waals surface area contributed by atoms with Crippen molar-refractivity contribution >= 4 is 0 Å². The number of morpholine rings is 1. The molecule has 0 aromatic rings. The first-order valence-corrected chi connectivity index (χ1v) is 8.23. The third-order valence-corrected chi connectivity index (χ3v) is 5.61. The summed E-state index contributed by atoms with van der Waals surface area (Å²) < 4.78 is 5.94. The lowest BCUT2D eigenvalue weighted by Gasteiger charge is -2.45. The fraction of sp³-hybridized carbons (Fsp3) is 1.00. The van der Waals surface area contributed by atoms with E-state index in [9.17, 15) is 0 Å². The number of hydrogen-bond acceptors (Lipinski definition) is 3. The summed E-state index contributed by atoms with van der Waals surface area (Å²) in [5.74, 6) is 0.837. The van der Waals surface area contributed by atoms with Crippen molar-refractivity contribution in [2.45, 2.75) is 58.1 Å². The lowest BCUT2D eigenvalue weighted by atomic mass is 9.74. The van der Waals surface area contributed by atoms with Gasteiger partial charge in [-0.2, -0.15) is 0 Å². The van der Waals surface area contributed by atoms with E-state index in [1.807, 2.05) is 0 Å². The number of nitrogens with zero attached hydrogens (tertiary/aromatic N) is 1. The maximum Gasteiger partial charge on any atom is 0.0730 e. The zero-order chi connectivity index (χ0) is 13.3. The van der Waals surface area contributed by atoms with E-state index in [-0.39, 0.29) is 0 Å². The molecule has 0 bridgehead atoms. The molecule has 0 aromatic heterocycles. The Balaban J connectivity index is 1.62. The van der Waals surface area contributed by atoms with Crippen LogP contribution < -0.4 is 5.32 Å². The Hall–Kier alpha value is -0.120. The predicted molar refractivity (Wildman–Crippen MR) is 78.3 cm³/mol. The van der Waals surface area contributed by atoms with Crippen LogP contribution in [-0.2, 0) is 4.74 Å². The third-order valence-electron chi connectivity index (χ3n) is 5.61. The third kappa shape index (κ3) is 2.98. The van der Waals surface area contributed by atoms with Crippen molar-refractivity contribution in [2.24, 2.45) is 11.3 Å². The van der Waals surface area contributed by atoms with E-state index in [0.29, 0.717) is 17.6 Å². The van der Waals surface area contributed by atoms with Crippen molar-refractivity contribution < 1.29 is 4.74 Å². The molecule has 3 aliphatic rings. The fourth-order valence-corrected chi connectivity index (χ4v) is 4.37. The van der Waals surface area contributed by atoms with Crippen molar-refractivity contribution in [1.82, 2.24) is 10.2 Å². The van der Waals surface area contributed by atoms with E-state index in [0.717, 1.165) is 19.1 Å². The zero-order valence-corrected chi connectivity index (χ0v) is 12.7. The molecule has 2 saturated heterocycles. The van der Waals surface area contributed by atoms with Crippen LogP contribution in [0.2, 0.25) is 0 Å². The highest BCUT2D eigenvalue weighted by atomic mass is 16.5. The summed E-state index contributed by atoms with van der Waals surface area (Å²) in [5, 5.41) is 3.58. The minimum absolute atomic E-state index is 0.428. The maximum atomic E-state index is 5.94. The van der Waals surface area contributed by atoms with E-state index >= 15 is 0 Å². The molecule has 3 nitrogen and oxygen atoms in total. The minimum Gasteiger partial charge on any atom is -0.375 e. The topological polar surface area (TPSA) is 24.5 Å².